The number of rotatable bonds is 9. The summed E-state index contributed by atoms with van der Waals surface area (Å²) in [4.78, 5) is 39.0. The number of nitrogens with one attached hydrogen (secondary N) is 1. The largest absolute Gasteiger partial charge is 0.490 e. The molecule has 0 aromatic heterocycles. The molecular formula is C29H27FN2O5S. The average molecular weight is 535 g/mol. The predicted molar refractivity (Wildman–Crippen MR) is 146 cm³/mol. The zero-order valence-electron chi connectivity index (χ0n) is 21.2. The van der Waals surface area contributed by atoms with Crippen LogP contribution < -0.4 is 14.8 Å². The number of aryl methyl sites for hydroxylation is 2. The molecule has 3 amide bonds. The highest BCUT2D eigenvalue weighted by molar-refractivity contribution is 8.18. The Kier molecular flexibility index (Phi) is 8.48. The molecule has 9 heteroatoms. The Morgan fingerprint density at radius 3 is 2.53 bits per heavy atom. The minimum absolute atomic E-state index is 0.143. The number of amides is 3. The second-order valence-corrected chi connectivity index (χ2v) is 9.63. The maximum absolute atomic E-state index is 14.0. The number of thioether (sulfide) groups is 1. The molecule has 3 aromatic rings. The van der Waals surface area contributed by atoms with Crippen LogP contribution in [-0.2, 0) is 16.1 Å². The number of anilines is 1. The fourth-order valence-electron chi connectivity index (χ4n) is 3.75. The predicted octanol–water partition coefficient (Wildman–Crippen LogP) is 6.10. The fourth-order valence-corrected chi connectivity index (χ4v) is 4.58. The van der Waals surface area contributed by atoms with E-state index in [4.69, 9.17) is 9.47 Å². The fraction of sp³-hybridized carbons (Fsp3) is 0.207. The van der Waals surface area contributed by atoms with Crippen LogP contribution in [0.3, 0.4) is 0 Å². The third-order valence-electron chi connectivity index (χ3n) is 5.87. The van der Waals surface area contributed by atoms with Crippen LogP contribution in [0.4, 0.5) is 14.9 Å². The van der Waals surface area contributed by atoms with Crippen LogP contribution in [-0.4, -0.2) is 35.2 Å². The molecule has 1 aliphatic rings. The van der Waals surface area contributed by atoms with Gasteiger partial charge in [0.2, 0.25) is 0 Å². The molecule has 0 unspecified atom stereocenters. The molecule has 7 nitrogen and oxygen atoms in total. The lowest BCUT2D eigenvalue weighted by molar-refractivity contribution is -0.123. The first-order valence-corrected chi connectivity index (χ1v) is 12.8. The van der Waals surface area contributed by atoms with E-state index in [1.54, 1.807) is 36.4 Å². The van der Waals surface area contributed by atoms with Gasteiger partial charge in [0.05, 0.1) is 18.1 Å². The van der Waals surface area contributed by atoms with E-state index in [2.05, 4.69) is 5.32 Å². The van der Waals surface area contributed by atoms with Crippen molar-refractivity contribution in [3.05, 3.63) is 93.6 Å². The van der Waals surface area contributed by atoms with Crippen molar-refractivity contribution in [2.24, 2.45) is 0 Å². The van der Waals surface area contributed by atoms with Gasteiger partial charge in [-0.15, -0.1) is 0 Å². The van der Waals surface area contributed by atoms with E-state index in [9.17, 15) is 18.8 Å². The maximum Gasteiger partial charge on any atom is 0.293 e. The van der Waals surface area contributed by atoms with E-state index in [1.807, 2.05) is 39.0 Å². The van der Waals surface area contributed by atoms with Crippen molar-refractivity contribution in [2.75, 3.05) is 18.5 Å². The number of carbonyl (C=O) groups is 3. The molecule has 1 fully saturated rings. The lowest BCUT2D eigenvalue weighted by atomic mass is 10.1. The number of benzene rings is 3. The van der Waals surface area contributed by atoms with Gasteiger partial charge in [0, 0.05) is 11.3 Å². The van der Waals surface area contributed by atoms with Crippen LogP contribution in [0.1, 0.15) is 29.2 Å². The van der Waals surface area contributed by atoms with Crippen LogP contribution in [0.25, 0.3) is 6.08 Å². The smallest absolute Gasteiger partial charge is 0.293 e. The third kappa shape index (κ3) is 6.41. The standard InChI is InChI=1S/C29H27FN2O5S/c1-4-36-25-14-20(10-12-24(25)37-17-27(33)31-22-11-9-18(2)19(3)13-22)15-26-28(34)32(29(35)38-26)16-21-7-5-6-8-23(21)30/h5-15H,4,16-17H2,1-3H3,(H,31,33)/b26-15-. The van der Waals surface area contributed by atoms with Gasteiger partial charge in [-0.1, -0.05) is 30.3 Å². The summed E-state index contributed by atoms with van der Waals surface area (Å²) in [7, 11) is 0. The molecule has 0 bridgehead atoms. The molecule has 0 aliphatic carbocycles. The van der Waals surface area contributed by atoms with E-state index in [1.165, 1.54) is 12.1 Å². The Bertz CT molecular complexity index is 1420. The minimum Gasteiger partial charge on any atom is -0.490 e. The highest BCUT2D eigenvalue weighted by Crippen LogP contribution is 2.35. The maximum atomic E-state index is 14.0. The van der Waals surface area contributed by atoms with Crippen LogP contribution >= 0.6 is 11.8 Å². The lowest BCUT2D eigenvalue weighted by Crippen LogP contribution is -2.27. The molecule has 1 saturated heterocycles. The summed E-state index contributed by atoms with van der Waals surface area (Å²) in [5.74, 6) is -0.527. The normalized spacial score (nSPS) is 14.2. The summed E-state index contributed by atoms with van der Waals surface area (Å²) in [6.45, 7) is 5.78. The zero-order chi connectivity index (χ0) is 27.2. The quantitative estimate of drug-likeness (QED) is 0.334. The first kappa shape index (κ1) is 26.9. The Balaban J connectivity index is 1.44. The minimum atomic E-state index is -0.496. The molecule has 0 atom stereocenters. The van der Waals surface area contributed by atoms with Crippen molar-refractivity contribution >= 4 is 40.6 Å². The number of nitrogens with zero attached hydrogens (tertiary/aromatic N) is 1. The van der Waals surface area contributed by atoms with Crippen LogP contribution in [0.15, 0.2) is 65.6 Å². The van der Waals surface area contributed by atoms with Crippen molar-refractivity contribution in [1.29, 1.82) is 0 Å². The molecule has 196 valence electrons. The molecule has 0 saturated carbocycles. The van der Waals surface area contributed by atoms with E-state index < -0.39 is 17.0 Å². The topological polar surface area (TPSA) is 84.9 Å². The molecule has 1 aliphatic heterocycles. The van der Waals surface area contributed by atoms with Gasteiger partial charge in [0.25, 0.3) is 17.1 Å². The molecule has 0 radical (unpaired) electrons. The van der Waals surface area contributed by atoms with Gasteiger partial charge in [-0.2, -0.15) is 0 Å². The summed E-state index contributed by atoms with van der Waals surface area (Å²) in [6.07, 6.45) is 1.57. The number of imide groups is 1. The van der Waals surface area contributed by atoms with Gasteiger partial charge in [-0.3, -0.25) is 19.3 Å². The van der Waals surface area contributed by atoms with Gasteiger partial charge < -0.3 is 14.8 Å². The van der Waals surface area contributed by atoms with Gasteiger partial charge in [0.1, 0.15) is 5.82 Å². The Hall–Kier alpha value is -4.11. The number of hydrogen-bond acceptors (Lipinski definition) is 6. The van der Waals surface area contributed by atoms with E-state index in [0.717, 1.165) is 27.8 Å². The summed E-state index contributed by atoms with van der Waals surface area (Å²) in [5, 5.41) is 2.34. The molecular weight excluding hydrogens is 507 g/mol. The molecule has 1 heterocycles. The zero-order valence-corrected chi connectivity index (χ0v) is 22.1. The Labute approximate surface area is 224 Å². The van der Waals surface area contributed by atoms with Crippen molar-refractivity contribution in [1.82, 2.24) is 4.90 Å². The average Bonchev–Trinajstić information content (AvgIpc) is 3.14. The Morgan fingerprint density at radius 2 is 1.79 bits per heavy atom. The van der Waals surface area contributed by atoms with Crippen molar-refractivity contribution < 1.29 is 28.2 Å². The summed E-state index contributed by atoms with van der Waals surface area (Å²) < 4.78 is 25.4. The lowest BCUT2D eigenvalue weighted by Gasteiger charge is -2.13. The monoisotopic (exact) mass is 534 g/mol. The summed E-state index contributed by atoms with van der Waals surface area (Å²) in [5.41, 5.74) is 3.76. The third-order valence-corrected chi connectivity index (χ3v) is 6.78. The second-order valence-electron chi connectivity index (χ2n) is 8.63. The number of carbonyl (C=O) groups excluding carboxylic acids is 3. The Morgan fingerprint density at radius 1 is 1.00 bits per heavy atom. The summed E-state index contributed by atoms with van der Waals surface area (Å²) in [6, 6.07) is 16.7. The molecule has 38 heavy (non-hydrogen) atoms. The highest BCUT2D eigenvalue weighted by atomic mass is 32.2. The van der Waals surface area contributed by atoms with E-state index in [0.29, 0.717) is 29.4 Å². The van der Waals surface area contributed by atoms with E-state index >= 15 is 0 Å². The molecule has 0 spiro atoms. The van der Waals surface area contributed by atoms with Gasteiger partial charge in [-0.25, -0.2) is 4.39 Å². The summed E-state index contributed by atoms with van der Waals surface area (Å²) >= 11 is 0.793. The van der Waals surface area contributed by atoms with Crippen molar-refractivity contribution in [3.63, 3.8) is 0 Å². The first-order valence-electron chi connectivity index (χ1n) is 12.0. The number of hydrogen-bond donors (Lipinski definition) is 1. The van der Waals surface area contributed by atoms with Crippen LogP contribution in [0.2, 0.25) is 0 Å². The number of ether oxygens (including phenoxy) is 2. The molecule has 4 rings (SSSR count). The second kappa shape index (κ2) is 12.0. The van der Waals surface area contributed by atoms with Gasteiger partial charge in [0.15, 0.2) is 18.1 Å². The van der Waals surface area contributed by atoms with Crippen molar-refractivity contribution in [2.45, 2.75) is 27.3 Å². The van der Waals surface area contributed by atoms with Gasteiger partial charge >= 0.3 is 0 Å². The van der Waals surface area contributed by atoms with E-state index in [-0.39, 0.29) is 29.5 Å². The van der Waals surface area contributed by atoms with Crippen LogP contribution in [0.5, 0.6) is 11.5 Å². The van der Waals surface area contributed by atoms with Crippen LogP contribution in [0, 0.1) is 19.7 Å². The SMILES string of the molecule is CCOc1cc(/C=C2\SC(=O)N(Cc3ccccc3F)C2=O)ccc1OCC(=O)Nc1ccc(C)c(C)c1. The van der Waals surface area contributed by atoms with Gasteiger partial charge in [-0.05, 0) is 85.6 Å². The number of halogens is 1. The first-order chi connectivity index (χ1) is 18.2. The highest BCUT2D eigenvalue weighted by Gasteiger charge is 2.35. The van der Waals surface area contributed by atoms with Crippen molar-refractivity contribution in [3.8, 4) is 11.5 Å². The molecule has 1 N–H and O–H groups in total. The molecule has 3 aromatic carbocycles.